The number of rotatable bonds is 9. The van der Waals surface area contributed by atoms with Crippen molar-refractivity contribution in [3.8, 4) is 0 Å². The smallest absolute Gasteiger partial charge is 0.0373 e. The molecule has 1 saturated heterocycles. The van der Waals surface area contributed by atoms with Crippen LogP contribution in [0.3, 0.4) is 0 Å². The molecule has 146 valence electrons. The van der Waals surface area contributed by atoms with Crippen LogP contribution in [0.4, 0.5) is 5.69 Å². The third-order valence-electron chi connectivity index (χ3n) is 5.57. The van der Waals surface area contributed by atoms with E-state index in [1.807, 2.05) is 11.8 Å². The van der Waals surface area contributed by atoms with Gasteiger partial charge in [-0.1, -0.05) is 48.5 Å². The van der Waals surface area contributed by atoms with Crippen molar-refractivity contribution in [2.75, 3.05) is 43.4 Å². The Morgan fingerprint density at radius 1 is 0.786 bits per heavy atom. The van der Waals surface area contributed by atoms with Gasteiger partial charge in [-0.15, -0.1) is 11.8 Å². The van der Waals surface area contributed by atoms with Crippen LogP contribution in [-0.4, -0.2) is 43.4 Å². The molecule has 0 bridgehead atoms. The van der Waals surface area contributed by atoms with E-state index in [9.17, 15) is 0 Å². The Morgan fingerprint density at radius 2 is 1.54 bits per heavy atom. The molecular formula is C25H30N2S. The van der Waals surface area contributed by atoms with E-state index < -0.39 is 0 Å². The highest BCUT2D eigenvalue weighted by Gasteiger charge is 2.14. The predicted molar refractivity (Wildman–Crippen MR) is 124 cm³/mol. The van der Waals surface area contributed by atoms with Crippen LogP contribution >= 0.6 is 11.8 Å². The summed E-state index contributed by atoms with van der Waals surface area (Å²) in [6.07, 6.45) is 3.93. The van der Waals surface area contributed by atoms with E-state index in [0.29, 0.717) is 0 Å². The molecule has 0 N–H and O–H groups in total. The Morgan fingerprint density at radius 3 is 2.36 bits per heavy atom. The maximum absolute atomic E-state index is 2.62. The van der Waals surface area contributed by atoms with Crippen LogP contribution in [0.5, 0.6) is 0 Å². The first-order valence-corrected chi connectivity index (χ1v) is 11.5. The molecule has 2 nitrogen and oxygen atoms in total. The SMILES string of the molecule is c1ccc(SCCCN(CCN2CCCC2)c2ccc3ccccc3c2)cc1. The fourth-order valence-electron chi connectivity index (χ4n) is 3.97. The Bertz CT molecular complexity index is 859. The fraction of sp³-hybridized carbons (Fsp3) is 0.360. The van der Waals surface area contributed by atoms with Crippen molar-refractivity contribution in [3.05, 3.63) is 72.8 Å². The Kier molecular flexibility index (Phi) is 6.91. The summed E-state index contributed by atoms with van der Waals surface area (Å²) in [5, 5.41) is 2.66. The van der Waals surface area contributed by atoms with E-state index in [0.717, 1.165) is 18.8 Å². The second-order valence-corrected chi connectivity index (χ2v) is 8.75. The lowest BCUT2D eigenvalue weighted by Crippen LogP contribution is -2.34. The second kappa shape index (κ2) is 9.99. The van der Waals surface area contributed by atoms with Gasteiger partial charge in [0.15, 0.2) is 0 Å². The van der Waals surface area contributed by atoms with Crippen molar-refractivity contribution in [1.29, 1.82) is 0 Å². The molecule has 0 aliphatic carbocycles. The average Bonchev–Trinajstić information content (AvgIpc) is 3.27. The number of likely N-dealkylation sites (tertiary alicyclic amines) is 1. The number of fused-ring (bicyclic) bond motifs is 1. The standard InChI is InChI=1S/C25H30N2S/c1-2-11-25(12-3-1)28-20-8-17-27(19-18-26-15-6-7-16-26)24-14-13-22-9-4-5-10-23(22)21-24/h1-5,9-14,21H,6-8,15-20H2. The molecule has 3 aromatic rings. The fourth-order valence-corrected chi connectivity index (χ4v) is 4.83. The Labute approximate surface area is 173 Å². The van der Waals surface area contributed by atoms with E-state index >= 15 is 0 Å². The molecule has 1 aliphatic heterocycles. The number of thioether (sulfide) groups is 1. The first-order chi connectivity index (χ1) is 13.9. The van der Waals surface area contributed by atoms with Crippen molar-refractivity contribution in [3.63, 3.8) is 0 Å². The molecule has 1 heterocycles. The summed E-state index contributed by atoms with van der Waals surface area (Å²) < 4.78 is 0. The monoisotopic (exact) mass is 390 g/mol. The van der Waals surface area contributed by atoms with Gasteiger partial charge in [-0.25, -0.2) is 0 Å². The highest BCUT2D eigenvalue weighted by atomic mass is 32.2. The summed E-state index contributed by atoms with van der Waals surface area (Å²) in [5.41, 5.74) is 1.36. The average molecular weight is 391 g/mol. The zero-order chi connectivity index (χ0) is 19.0. The topological polar surface area (TPSA) is 6.48 Å². The van der Waals surface area contributed by atoms with Crippen molar-refractivity contribution in [2.45, 2.75) is 24.2 Å². The van der Waals surface area contributed by atoms with E-state index in [4.69, 9.17) is 0 Å². The molecule has 0 amide bonds. The zero-order valence-corrected chi connectivity index (χ0v) is 17.4. The molecular weight excluding hydrogens is 360 g/mol. The zero-order valence-electron chi connectivity index (χ0n) is 16.6. The van der Waals surface area contributed by atoms with Crippen LogP contribution in [0.2, 0.25) is 0 Å². The van der Waals surface area contributed by atoms with Gasteiger partial charge in [-0.3, -0.25) is 0 Å². The van der Waals surface area contributed by atoms with Crippen molar-refractivity contribution < 1.29 is 0 Å². The van der Waals surface area contributed by atoms with Crippen LogP contribution in [0.1, 0.15) is 19.3 Å². The van der Waals surface area contributed by atoms with Gasteiger partial charge in [-0.2, -0.15) is 0 Å². The number of benzene rings is 3. The number of nitrogens with zero attached hydrogens (tertiary/aromatic N) is 2. The van der Waals surface area contributed by atoms with Crippen molar-refractivity contribution in [1.82, 2.24) is 4.90 Å². The molecule has 0 spiro atoms. The molecule has 3 heteroatoms. The van der Waals surface area contributed by atoms with Crippen molar-refractivity contribution >= 4 is 28.2 Å². The van der Waals surface area contributed by atoms with E-state index in [2.05, 4.69) is 82.6 Å². The highest BCUT2D eigenvalue weighted by Crippen LogP contribution is 2.24. The minimum Gasteiger partial charge on any atom is -0.370 e. The second-order valence-electron chi connectivity index (χ2n) is 7.58. The number of anilines is 1. The van der Waals surface area contributed by atoms with Gasteiger partial charge < -0.3 is 9.80 Å². The van der Waals surface area contributed by atoms with Gasteiger partial charge in [-0.05, 0) is 73.1 Å². The van der Waals surface area contributed by atoms with Crippen LogP contribution in [-0.2, 0) is 0 Å². The molecule has 28 heavy (non-hydrogen) atoms. The minimum absolute atomic E-state index is 1.12. The van der Waals surface area contributed by atoms with Gasteiger partial charge in [0, 0.05) is 30.2 Å². The predicted octanol–water partition coefficient (Wildman–Crippen LogP) is 5.92. The Balaban J connectivity index is 1.39. The van der Waals surface area contributed by atoms with Crippen LogP contribution in [0.15, 0.2) is 77.7 Å². The van der Waals surface area contributed by atoms with E-state index in [1.165, 1.54) is 60.3 Å². The lowest BCUT2D eigenvalue weighted by molar-refractivity contribution is 0.344. The molecule has 3 aromatic carbocycles. The van der Waals surface area contributed by atoms with Gasteiger partial charge in [0.2, 0.25) is 0 Å². The molecule has 0 unspecified atom stereocenters. The van der Waals surface area contributed by atoms with E-state index in [-0.39, 0.29) is 0 Å². The highest BCUT2D eigenvalue weighted by molar-refractivity contribution is 7.99. The van der Waals surface area contributed by atoms with Crippen LogP contribution in [0, 0.1) is 0 Å². The maximum atomic E-state index is 2.62. The summed E-state index contributed by atoms with van der Waals surface area (Å²) in [5.74, 6) is 1.16. The molecule has 0 radical (unpaired) electrons. The largest absolute Gasteiger partial charge is 0.370 e. The normalized spacial score (nSPS) is 14.6. The summed E-state index contributed by atoms with van der Waals surface area (Å²) in [7, 11) is 0. The van der Waals surface area contributed by atoms with Crippen molar-refractivity contribution in [2.24, 2.45) is 0 Å². The first-order valence-electron chi connectivity index (χ1n) is 10.5. The molecule has 0 saturated carbocycles. The van der Waals surface area contributed by atoms with Gasteiger partial charge in [0.25, 0.3) is 0 Å². The lowest BCUT2D eigenvalue weighted by Gasteiger charge is -2.27. The quantitative estimate of drug-likeness (QED) is 0.330. The van der Waals surface area contributed by atoms with E-state index in [1.54, 1.807) is 0 Å². The van der Waals surface area contributed by atoms with Crippen LogP contribution < -0.4 is 4.90 Å². The summed E-state index contributed by atoms with van der Waals surface area (Å²) >= 11 is 1.97. The molecule has 1 fully saturated rings. The van der Waals surface area contributed by atoms with Gasteiger partial charge >= 0.3 is 0 Å². The summed E-state index contributed by atoms with van der Waals surface area (Å²) in [4.78, 5) is 6.58. The summed E-state index contributed by atoms with van der Waals surface area (Å²) in [6.45, 7) is 5.96. The minimum atomic E-state index is 1.12. The lowest BCUT2D eigenvalue weighted by atomic mass is 10.1. The third-order valence-corrected chi connectivity index (χ3v) is 6.67. The van der Waals surface area contributed by atoms with Gasteiger partial charge in [0.05, 0.1) is 0 Å². The number of hydrogen-bond donors (Lipinski definition) is 0. The molecule has 4 rings (SSSR count). The Hall–Kier alpha value is -1.97. The first kappa shape index (κ1) is 19.4. The molecule has 1 aliphatic rings. The number of hydrogen-bond acceptors (Lipinski definition) is 3. The molecule has 0 aromatic heterocycles. The van der Waals surface area contributed by atoms with Crippen LogP contribution in [0.25, 0.3) is 10.8 Å². The van der Waals surface area contributed by atoms with Gasteiger partial charge in [0.1, 0.15) is 0 Å². The third kappa shape index (κ3) is 5.30. The maximum Gasteiger partial charge on any atom is 0.0373 e. The summed E-state index contributed by atoms with van der Waals surface area (Å²) in [6, 6.07) is 26.4. The molecule has 0 atom stereocenters.